The first-order chi connectivity index (χ1) is 7.79. The molecule has 0 aliphatic heterocycles. The molecule has 2 heterocycles. The second-order valence-corrected chi connectivity index (χ2v) is 3.39. The van der Waals surface area contributed by atoms with Crippen molar-refractivity contribution in [1.82, 2.24) is 9.97 Å². The molecular weight excluding hydrogens is 204 g/mol. The number of aryl methyl sites for hydroxylation is 1. The first kappa shape index (κ1) is 10.5. The lowest BCUT2D eigenvalue weighted by Gasteiger charge is -2.05. The second-order valence-electron chi connectivity index (χ2n) is 3.39. The van der Waals surface area contributed by atoms with Crippen molar-refractivity contribution in [3.05, 3.63) is 36.3 Å². The molecule has 0 radical (unpaired) electrons. The number of pyridine rings is 1. The van der Waals surface area contributed by atoms with Crippen LogP contribution in [0.3, 0.4) is 0 Å². The highest BCUT2D eigenvalue weighted by atomic mass is 16.4. The first-order valence-electron chi connectivity index (χ1n) is 5.16. The Morgan fingerprint density at radius 3 is 3.00 bits per heavy atom. The van der Waals surface area contributed by atoms with E-state index in [1.807, 2.05) is 13.0 Å². The molecule has 0 aromatic carbocycles. The van der Waals surface area contributed by atoms with Crippen LogP contribution >= 0.6 is 0 Å². The van der Waals surface area contributed by atoms with Gasteiger partial charge >= 0.3 is 0 Å². The molecule has 16 heavy (non-hydrogen) atoms. The third-order valence-corrected chi connectivity index (χ3v) is 2.23. The van der Waals surface area contributed by atoms with Gasteiger partial charge in [0.2, 0.25) is 5.89 Å². The van der Waals surface area contributed by atoms with E-state index in [1.54, 1.807) is 18.6 Å². The third kappa shape index (κ3) is 2.31. The van der Waals surface area contributed by atoms with E-state index in [4.69, 9.17) is 10.2 Å². The Morgan fingerprint density at radius 2 is 2.31 bits per heavy atom. The van der Waals surface area contributed by atoms with Gasteiger partial charge in [0.15, 0.2) is 0 Å². The van der Waals surface area contributed by atoms with Gasteiger partial charge in [-0.1, -0.05) is 6.92 Å². The second kappa shape index (κ2) is 4.65. The molecule has 0 saturated heterocycles. The zero-order valence-electron chi connectivity index (χ0n) is 9.10. The molecule has 0 amide bonds. The van der Waals surface area contributed by atoms with Crippen LogP contribution in [0, 0.1) is 0 Å². The quantitative estimate of drug-likeness (QED) is 0.818. The van der Waals surface area contributed by atoms with Crippen LogP contribution in [0.4, 0.5) is 11.4 Å². The minimum absolute atomic E-state index is 0.522. The molecule has 2 aromatic rings. The van der Waals surface area contributed by atoms with E-state index < -0.39 is 0 Å². The number of hydrogen-bond acceptors (Lipinski definition) is 5. The van der Waals surface area contributed by atoms with Gasteiger partial charge in [-0.3, -0.25) is 4.98 Å². The summed E-state index contributed by atoms with van der Waals surface area (Å²) in [7, 11) is 0. The normalized spacial score (nSPS) is 10.3. The van der Waals surface area contributed by atoms with Gasteiger partial charge < -0.3 is 15.5 Å². The molecule has 2 rings (SSSR count). The van der Waals surface area contributed by atoms with Crippen LogP contribution in [0.1, 0.15) is 18.6 Å². The van der Waals surface area contributed by atoms with Gasteiger partial charge in [-0.05, 0) is 6.07 Å². The van der Waals surface area contributed by atoms with Crippen molar-refractivity contribution in [2.75, 3.05) is 11.1 Å². The maximum Gasteiger partial charge on any atom is 0.213 e. The molecule has 3 N–H and O–H groups in total. The smallest absolute Gasteiger partial charge is 0.213 e. The molecule has 0 atom stereocenters. The highest BCUT2D eigenvalue weighted by Crippen LogP contribution is 2.16. The van der Waals surface area contributed by atoms with Crippen molar-refractivity contribution in [2.24, 2.45) is 0 Å². The van der Waals surface area contributed by atoms with Gasteiger partial charge in [-0.2, -0.15) is 0 Å². The van der Waals surface area contributed by atoms with Gasteiger partial charge in [0, 0.05) is 12.6 Å². The van der Waals surface area contributed by atoms with E-state index in [9.17, 15) is 0 Å². The zero-order chi connectivity index (χ0) is 11.4. The third-order valence-electron chi connectivity index (χ3n) is 2.23. The average molecular weight is 218 g/mol. The summed E-state index contributed by atoms with van der Waals surface area (Å²) in [6.07, 6.45) is 5.89. The van der Waals surface area contributed by atoms with E-state index in [2.05, 4.69) is 15.3 Å². The Bertz CT molecular complexity index is 467. The van der Waals surface area contributed by atoms with E-state index >= 15 is 0 Å². The van der Waals surface area contributed by atoms with E-state index in [1.165, 1.54) is 0 Å². The molecule has 5 heteroatoms. The fourth-order valence-electron chi connectivity index (χ4n) is 1.33. The summed E-state index contributed by atoms with van der Waals surface area (Å²) >= 11 is 0. The minimum Gasteiger partial charge on any atom is -0.444 e. The minimum atomic E-state index is 0.522. The molecule has 0 fully saturated rings. The van der Waals surface area contributed by atoms with Gasteiger partial charge in [-0.25, -0.2) is 4.98 Å². The van der Waals surface area contributed by atoms with Crippen molar-refractivity contribution < 1.29 is 4.42 Å². The number of nitrogen functional groups attached to an aromatic ring is 1. The van der Waals surface area contributed by atoms with Crippen LogP contribution in [-0.2, 0) is 13.0 Å². The molecule has 0 spiro atoms. The van der Waals surface area contributed by atoms with Crippen LogP contribution in [0.25, 0.3) is 0 Å². The number of aromatic nitrogens is 2. The molecule has 2 aromatic heterocycles. The van der Waals surface area contributed by atoms with Crippen molar-refractivity contribution in [3.8, 4) is 0 Å². The van der Waals surface area contributed by atoms with Crippen LogP contribution < -0.4 is 11.1 Å². The first-order valence-corrected chi connectivity index (χ1v) is 5.16. The van der Waals surface area contributed by atoms with Crippen molar-refractivity contribution in [2.45, 2.75) is 19.9 Å². The maximum absolute atomic E-state index is 5.74. The largest absolute Gasteiger partial charge is 0.444 e. The predicted molar refractivity (Wildman–Crippen MR) is 61.9 cm³/mol. The summed E-state index contributed by atoms with van der Waals surface area (Å²) in [5.74, 6) is 1.55. The summed E-state index contributed by atoms with van der Waals surface area (Å²) in [6, 6.07) is 1.82. The van der Waals surface area contributed by atoms with E-state index in [-0.39, 0.29) is 0 Å². The zero-order valence-corrected chi connectivity index (χ0v) is 9.10. The van der Waals surface area contributed by atoms with E-state index in [0.29, 0.717) is 18.1 Å². The highest BCUT2D eigenvalue weighted by Gasteiger charge is 2.03. The Morgan fingerprint density at radius 1 is 1.44 bits per heavy atom. The summed E-state index contributed by atoms with van der Waals surface area (Å²) in [5, 5.41) is 3.15. The Kier molecular flexibility index (Phi) is 3.05. The molecule has 0 bridgehead atoms. The molecule has 84 valence electrons. The number of rotatable bonds is 4. The molecule has 5 nitrogen and oxygen atoms in total. The highest BCUT2D eigenvalue weighted by molar-refractivity contribution is 5.63. The lowest BCUT2D eigenvalue weighted by atomic mass is 10.3. The number of nitrogens with two attached hydrogens (primary N) is 1. The number of anilines is 2. The monoisotopic (exact) mass is 218 g/mol. The molecule has 0 saturated carbocycles. The fourth-order valence-corrected chi connectivity index (χ4v) is 1.33. The number of hydrogen-bond donors (Lipinski definition) is 2. The lowest BCUT2D eigenvalue weighted by Crippen LogP contribution is -2.02. The average Bonchev–Trinajstić information content (AvgIpc) is 2.76. The standard InChI is InChI=1S/C11H14N4O/c1-2-8-5-15-11(16-8)7-14-10-3-4-13-6-9(10)12/h3-6H,2,7,12H2,1H3,(H,13,14). The van der Waals surface area contributed by atoms with Gasteiger partial charge in [0.1, 0.15) is 5.76 Å². The number of nitrogens with one attached hydrogen (secondary N) is 1. The van der Waals surface area contributed by atoms with E-state index in [0.717, 1.165) is 17.9 Å². The Labute approximate surface area is 93.7 Å². The SMILES string of the molecule is CCc1cnc(CNc2ccncc2N)o1. The van der Waals surface area contributed by atoms with Crippen LogP contribution in [0.2, 0.25) is 0 Å². The number of oxazole rings is 1. The molecule has 0 aliphatic carbocycles. The summed E-state index contributed by atoms with van der Waals surface area (Å²) < 4.78 is 5.46. The molecular formula is C11H14N4O. The van der Waals surface area contributed by atoms with Crippen molar-refractivity contribution >= 4 is 11.4 Å². The van der Waals surface area contributed by atoms with Crippen LogP contribution in [0.15, 0.2) is 29.1 Å². The topological polar surface area (TPSA) is 77.0 Å². The van der Waals surface area contributed by atoms with Gasteiger partial charge in [0.25, 0.3) is 0 Å². The predicted octanol–water partition coefficient (Wildman–Crippen LogP) is 1.83. The summed E-state index contributed by atoms with van der Waals surface area (Å²) in [5.41, 5.74) is 7.19. The van der Waals surface area contributed by atoms with Crippen molar-refractivity contribution in [1.29, 1.82) is 0 Å². The summed E-state index contributed by atoms with van der Waals surface area (Å²) in [6.45, 7) is 2.55. The molecule has 0 unspecified atom stereocenters. The van der Waals surface area contributed by atoms with Crippen LogP contribution in [0.5, 0.6) is 0 Å². The lowest BCUT2D eigenvalue weighted by molar-refractivity contribution is 0.466. The van der Waals surface area contributed by atoms with Gasteiger partial charge in [-0.15, -0.1) is 0 Å². The Hall–Kier alpha value is -2.04. The maximum atomic E-state index is 5.74. The van der Waals surface area contributed by atoms with Gasteiger partial charge in [0.05, 0.1) is 30.3 Å². The summed E-state index contributed by atoms with van der Waals surface area (Å²) in [4.78, 5) is 8.06. The Balaban J connectivity index is 1.99. The van der Waals surface area contributed by atoms with Crippen LogP contribution in [-0.4, -0.2) is 9.97 Å². The fraction of sp³-hybridized carbons (Fsp3) is 0.273. The van der Waals surface area contributed by atoms with Crippen molar-refractivity contribution in [3.63, 3.8) is 0 Å². The molecule has 0 aliphatic rings. The number of nitrogens with zero attached hydrogens (tertiary/aromatic N) is 2.